The van der Waals surface area contributed by atoms with Crippen molar-refractivity contribution in [2.45, 2.75) is 63.8 Å². The van der Waals surface area contributed by atoms with Gasteiger partial charge in [-0.1, -0.05) is 68.1 Å². The smallest absolute Gasteiger partial charge is 0.393 e. The molecule has 10 heteroatoms. The summed E-state index contributed by atoms with van der Waals surface area (Å²) in [5.41, 5.74) is 7.76. The first-order valence-corrected chi connectivity index (χ1v) is 16.9. The Hall–Kier alpha value is -3.99. The average Bonchev–Trinajstić information content (AvgIpc) is 3.07. The van der Waals surface area contributed by atoms with Gasteiger partial charge in [-0.2, -0.15) is 13.2 Å². The van der Waals surface area contributed by atoms with Crippen LogP contribution in [0.15, 0.2) is 91.1 Å². The highest BCUT2D eigenvalue weighted by molar-refractivity contribution is 6.00. The maximum atomic E-state index is 15.0. The number of allylic oxidation sites excluding steroid dienone is 5. The van der Waals surface area contributed by atoms with Crippen LogP contribution in [0.4, 0.5) is 23.2 Å². The second-order valence-electron chi connectivity index (χ2n) is 12.4. The molecule has 3 N–H and O–H groups in total. The van der Waals surface area contributed by atoms with Gasteiger partial charge in [0, 0.05) is 49.7 Å². The van der Waals surface area contributed by atoms with Crippen LogP contribution < -0.4 is 11.1 Å². The van der Waals surface area contributed by atoms with Gasteiger partial charge in [0.05, 0.1) is 19.1 Å². The molecule has 0 bridgehead atoms. The molecule has 0 radical (unpaired) electrons. The predicted octanol–water partition coefficient (Wildman–Crippen LogP) is 8.30. The summed E-state index contributed by atoms with van der Waals surface area (Å²) in [5, 5.41) is 3.02. The van der Waals surface area contributed by atoms with Crippen LogP contribution in [0.25, 0.3) is 17.0 Å². The molecule has 1 unspecified atom stereocenters. The fourth-order valence-electron chi connectivity index (χ4n) is 6.12. The first-order chi connectivity index (χ1) is 23.5. The van der Waals surface area contributed by atoms with E-state index in [4.69, 9.17) is 15.2 Å². The fraction of sp³-hybridized carbons (Fsp3) is 0.410. The van der Waals surface area contributed by atoms with E-state index < -0.39 is 18.4 Å². The topological polar surface area (TPSA) is 76.8 Å². The number of hydrogen-bond donors (Lipinski definition) is 2. The van der Waals surface area contributed by atoms with Crippen molar-refractivity contribution in [1.29, 1.82) is 0 Å². The van der Waals surface area contributed by atoms with Crippen molar-refractivity contribution in [2.75, 3.05) is 45.2 Å². The van der Waals surface area contributed by atoms with E-state index in [1.807, 2.05) is 6.08 Å². The zero-order valence-corrected chi connectivity index (χ0v) is 28.1. The number of ether oxygens (including phenoxy) is 2. The van der Waals surface area contributed by atoms with E-state index in [2.05, 4.69) is 16.8 Å². The summed E-state index contributed by atoms with van der Waals surface area (Å²) in [5.74, 6) is -0.637. The molecule has 0 aliphatic carbocycles. The van der Waals surface area contributed by atoms with Gasteiger partial charge in [-0.25, -0.2) is 4.39 Å². The molecule has 2 heterocycles. The quantitative estimate of drug-likeness (QED) is 0.0690. The Morgan fingerprint density at radius 3 is 2.55 bits per heavy atom. The molecule has 4 rings (SSSR count). The highest BCUT2D eigenvalue weighted by atomic mass is 19.4. The van der Waals surface area contributed by atoms with Gasteiger partial charge in [0.2, 0.25) is 5.91 Å². The number of hydrogen-bond acceptors (Lipinski definition) is 5. The monoisotopic (exact) mass is 681 g/mol. The van der Waals surface area contributed by atoms with Gasteiger partial charge in [-0.05, 0) is 84.7 Å². The number of alkyl halides is 3. The summed E-state index contributed by atoms with van der Waals surface area (Å²) in [7, 11) is 0. The Morgan fingerprint density at radius 1 is 1.08 bits per heavy atom. The Bertz CT molecular complexity index is 1530. The van der Waals surface area contributed by atoms with E-state index in [1.54, 1.807) is 61.5 Å². The Labute approximate surface area is 287 Å². The number of carbonyl (C=O) groups is 1. The molecule has 6 nitrogen and oxygen atoms in total. The predicted molar refractivity (Wildman–Crippen MR) is 189 cm³/mol. The summed E-state index contributed by atoms with van der Waals surface area (Å²) in [6.45, 7) is 9.73. The molecule has 2 fully saturated rings. The highest BCUT2D eigenvalue weighted by Gasteiger charge is 2.32. The van der Waals surface area contributed by atoms with E-state index in [1.165, 1.54) is 18.2 Å². The number of nitrogens with zero attached hydrogens (tertiary/aromatic N) is 1. The standard InChI is InChI=1S/C39H47F4N3O3/c1-3-10-35(40)33-25-30(16-17-36(33)44)38(34(26-39(41,42)43)29-12-5-4-6-13-29)28(2)11-9-22-49-32-14-7-20-46(27-32)21-8-15-37(47)45-31-18-23-48-24-19-31/h4-6,8-13,15-17,25,31-32H,2-3,7,14,18-24,26-27,44H2,1H3,(H,45,47)/b11-9-,15-8+,35-10-,38-34+. The van der Waals surface area contributed by atoms with Gasteiger partial charge in [-0.15, -0.1) is 0 Å². The molecule has 1 atom stereocenters. The highest BCUT2D eigenvalue weighted by Crippen LogP contribution is 2.40. The number of piperidine rings is 1. The number of nitrogen functional groups attached to an aromatic ring is 1. The largest absolute Gasteiger partial charge is 0.398 e. The normalized spacial score (nSPS) is 19.0. The number of likely N-dealkylation sites (tertiary alicyclic amines) is 1. The van der Waals surface area contributed by atoms with E-state index in [0.717, 1.165) is 32.2 Å². The van der Waals surface area contributed by atoms with Crippen molar-refractivity contribution >= 4 is 28.6 Å². The Morgan fingerprint density at radius 2 is 1.84 bits per heavy atom. The SMILES string of the molecule is C=C(/C=C\COC1CCCN(C/C=C/C(=O)NC2CCOCC2)C1)/C(=C(/CC(F)(F)F)c1ccccc1)c1ccc(N)c(/C(F)=C/CC)c1. The number of benzene rings is 2. The van der Waals surface area contributed by atoms with Gasteiger partial charge in [0.25, 0.3) is 0 Å². The maximum Gasteiger partial charge on any atom is 0.393 e. The Kier molecular flexibility index (Phi) is 14.4. The zero-order valence-electron chi connectivity index (χ0n) is 28.1. The van der Waals surface area contributed by atoms with Gasteiger partial charge >= 0.3 is 6.18 Å². The van der Waals surface area contributed by atoms with Crippen molar-refractivity contribution in [3.63, 3.8) is 0 Å². The summed E-state index contributed by atoms with van der Waals surface area (Å²) in [6.07, 6.45) is 6.38. The third-order valence-corrected chi connectivity index (χ3v) is 8.51. The summed E-state index contributed by atoms with van der Waals surface area (Å²) in [6, 6.07) is 13.1. The lowest BCUT2D eigenvalue weighted by atomic mass is 9.87. The molecule has 1 amide bonds. The van der Waals surface area contributed by atoms with Crippen LogP contribution in [-0.2, 0) is 14.3 Å². The summed E-state index contributed by atoms with van der Waals surface area (Å²) in [4.78, 5) is 14.5. The number of carbonyl (C=O) groups excluding carboxylic acids is 1. The zero-order chi connectivity index (χ0) is 35.2. The molecule has 0 saturated carbocycles. The minimum absolute atomic E-state index is 0.0247. The minimum Gasteiger partial charge on any atom is -0.398 e. The first kappa shape index (κ1) is 37.8. The molecule has 2 saturated heterocycles. The second kappa shape index (κ2) is 18.7. The fourth-order valence-corrected chi connectivity index (χ4v) is 6.12. The van der Waals surface area contributed by atoms with Gasteiger partial charge < -0.3 is 20.5 Å². The molecule has 2 aromatic rings. The lowest BCUT2D eigenvalue weighted by molar-refractivity contribution is -0.123. The molecule has 2 aliphatic rings. The van der Waals surface area contributed by atoms with Crippen LogP contribution in [0, 0.1) is 0 Å². The third-order valence-electron chi connectivity index (χ3n) is 8.51. The molecule has 2 aromatic carbocycles. The Balaban J connectivity index is 1.47. The number of rotatable bonds is 14. The van der Waals surface area contributed by atoms with Crippen LogP contribution >= 0.6 is 0 Å². The van der Waals surface area contributed by atoms with Crippen molar-refractivity contribution in [1.82, 2.24) is 10.2 Å². The molecule has 2 aliphatic heterocycles. The number of halogens is 4. The van der Waals surface area contributed by atoms with Crippen LogP contribution in [0.1, 0.15) is 62.1 Å². The lowest BCUT2D eigenvalue weighted by Crippen LogP contribution is -2.40. The molecule has 264 valence electrons. The average molecular weight is 682 g/mol. The van der Waals surface area contributed by atoms with E-state index in [-0.39, 0.29) is 47.1 Å². The van der Waals surface area contributed by atoms with E-state index in [9.17, 15) is 22.4 Å². The van der Waals surface area contributed by atoms with Gasteiger partial charge in [0.1, 0.15) is 5.83 Å². The van der Waals surface area contributed by atoms with Crippen molar-refractivity contribution in [3.8, 4) is 0 Å². The maximum absolute atomic E-state index is 15.0. The molecular formula is C39H47F4N3O3. The van der Waals surface area contributed by atoms with Gasteiger partial charge in [0.15, 0.2) is 0 Å². The molecule has 0 aromatic heterocycles. The second-order valence-corrected chi connectivity index (χ2v) is 12.4. The molecule has 0 spiro atoms. The number of nitrogens with two attached hydrogens (primary N) is 1. The van der Waals surface area contributed by atoms with Gasteiger partial charge in [-0.3, -0.25) is 9.69 Å². The summed E-state index contributed by atoms with van der Waals surface area (Å²) < 4.78 is 68.6. The van der Waals surface area contributed by atoms with Crippen LogP contribution in [-0.4, -0.2) is 68.6 Å². The van der Waals surface area contributed by atoms with Crippen LogP contribution in [0.5, 0.6) is 0 Å². The number of nitrogens with one attached hydrogen (secondary N) is 1. The van der Waals surface area contributed by atoms with Crippen LogP contribution in [0.2, 0.25) is 0 Å². The van der Waals surface area contributed by atoms with E-state index >= 15 is 0 Å². The van der Waals surface area contributed by atoms with Crippen LogP contribution in [0.3, 0.4) is 0 Å². The molecule has 49 heavy (non-hydrogen) atoms. The first-order valence-electron chi connectivity index (χ1n) is 16.9. The minimum atomic E-state index is -4.51. The number of anilines is 1. The third kappa shape index (κ3) is 12.1. The lowest BCUT2D eigenvalue weighted by Gasteiger charge is -2.31. The van der Waals surface area contributed by atoms with E-state index in [0.29, 0.717) is 49.4 Å². The molecular weight excluding hydrogens is 634 g/mol. The summed E-state index contributed by atoms with van der Waals surface area (Å²) >= 11 is 0. The van der Waals surface area contributed by atoms with Crippen molar-refractivity contribution in [2.24, 2.45) is 0 Å². The van der Waals surface area contributed by atoms with Crippen molar-refractivity contribution in [3.05, 3.63) is 108 Å². The van der Waals surface area contributed by atoms with Crippen molar-refractivity contribution < 1.29 is 31.8 Å². The number of amides is 1.